The first-order valence-electron chi connectivity index (χ1n) is 9.89. The van der Waals surface area contributed by atoms with Crippen molar-refractivity contribution in [3.63, 3.8) is 0 Å². The van der Waals surface area contributed by atoms with E-state index in [4.69, 9.17) is 4.74 Å². The number of piperazine rings is 1. The van der Waals surface area contributed by atoms with Crippen molar-refractivity contribution in [1.82, 2.24) is 14.7 Å². The highest BCUT2D eigenvalue weighted by atomic mass is 16.6. The fraction of sp³-hybridized carbons (Fsp3) is 0.667. The second-order valence-electron chi connectivity index (χ2n) is 7.99. The van der Waals surface area contributed by atoms with E-state index in [2.05, 4.69) is 52.0 Å². The Morgan fingerprint density at radius 1 is 1.08 bits per heavy atom. The van der Waals surface area contributed by atoms with Gasteiger partial charge in [0.05, 0.1) is 0 Å². The molecule has 3 rings (SSSR count). The lowest BCUT2D eigenvalue weighted by Gasteiger charge is -2.50. The molecule has 0 aromatic heterocycles. The Morgan fingerprint density at radius 2 is 1.69 bits per heavy atom. The van der Waals surface area contributed by atoms with E-state index in [0.717, 1.165) is 45.8 Å². The van der Waals surface area contributed by atoms with Gasteiger partial charge in [0, 0.05) is 58.3 Å². The number of likely N-dealkylation sites (tertiary alicyclic amines) is 1. The molecule has 0 aliphatic carbocycles. The molecule has 1 atom stereocenters. The number of benzene rings is 1. The van der Waals surface area contributed by atoms with Crippen LogP contribution in [0.15, 0.2) is 30.3 Å². The van der Waals surface area contributed by atoms with Crippen LogP contribution in [0.4, 0.5) is 0 Å². The molecule has 1 aromatic carbocycles. The van der Waals surface area contributed by atoms with E-state index in [1.807, 2.05) is 6.92 Å². The monoisotopic (exact) mass is 359 g/mol. The Hall–Kier alpha value is -1.43. The van der Waals surface area contributed by atoms with Gasteiger partial charge in [0.2, 0.25) is 0 Å². The molecule has 2 aliphatic heterocycles. The van der Waals surface area contributed by atoms with Gasteiger partial charge < -0.3 is 4.74 Å². The summed E-state index contributed by atoms with van der Waals surface area (Å²) in [5.41, 5.74) is 1.70. The van der Waals surface area contributed by atoms with E-state index < -0.39 is 0 Å². The molecule has 2 aliphatic rings. The standard InChI is InChI=1S/C21H33N3O2/c1-18(26-19(2)25)23-13-15-24(16-14-23)21(3)9-11-22(12-10-21)17-20-7-5-4-6-8-20/h4-8,18H,9-17H2,1-3H3. The van der Waals surface area contributed by atoms with Crippen LogP contribution in [0.2, 0.25) is 0 Å². The number of hydrogen-bond donors (Lipinski definition) is 0. The normalized spacial score (nSPS) is 23.5. The molecule has 144 valence electrons. The minimum Gasteiger partial charge on any atom is -0.447 e. The summed E-state index contributed by atoms with van der Waals surface area (Å²) in [5, 5.41) is 0. The smallest absolute Gasteiger partial charge is 0.304 e. The quantitative estimate of drug-likeness (QED) is 0.755. The first-order chi connectivity index (χ1) is 12.5. The van der Waals surface area contributed by atoms with Crippen LogP contribution in [0, 0.1) is 0 Å². The Labute approximate surface area is 157 Å². The van der Waals surface area contributed by atoms with Crippen LogP contribution in [0.5, 0.6) is 0 Å². The highest BCUT2D eigenvalue weighted by molar-refractivity contribution is 5.66. The zero-order valence-electron chi connectivity index (χ0n) is 16.5. The largest absolute Gasteiger partial charge is 0.447 e. The van der Waals surface area contributed by atoms with Crippen LogP contribution >= 0.6 is 0 Å². The lowest BCUT2D eigenvalue weighted by Crippen LogP contribution is -2.60. The van der Waals surface area contributed by atoms with Gasteiger partial charge in [-0.05, 0) is 32.3 Å². The highest BCUT2D eigenvalue weighted by Crippen LogP contribution is 2.30. The van der Waals surface area contributed by atoms with E-state index in [9.17, 15) is 4.79 Å². The van der Waals surface area contributed by atoms with Crippen molar-refractivity contribution >= 4 is 5.97 Å². The Balaban J connectivity index is 1.46. The molecular formula is C21H33N3O2. The van der Waals surface area contributed by atoms with Crippen molar-refractivity contribution in [1.29, 1.82) is 0 Å². The van der Waals surface area contributed by atoms with Crippen LogP contribution in [-0.2, 0) is 16.1 Å². The Kier molecular flexibility index (Phi) is 6.33. The Bertz CT molecular complexity index is 576. The van der Waals surface area contributed by atoms with Crippen molar-refractivity contribution in [2.75, 3.05) is 39.3 Å². The Morgan fingerprint density at radius 3 is 2.27 bits per heavy atom. The maximum atomic E-state index is 11.2. The molecule has 0 saturated carbocycles. The first kappa shape index (κ1) is 19.3. The molecule has 0 amide bonds. The minimum absolute atomic E-state index is 0.116. The van der Waals surface area contributed by atoms with E-state index >= 15 is 0 Å². The molecule has 26 heavy (non-hydrogen) atoms. The topological polar surface area (TPSA) is 36.0 Å². The second kappa shape index (κ2) is 8.51. The summed E-state index contributed by atoms with van der Waals surface area (Å²) < 4.78 is 5.33. The molecule has 1 unspecified atom stereocenters. The van der Waals surface area contributed by atoms with Gasteiger partial charge in [0.15, 0.2) is 6.23 Å². The van der Waals surface area contributed by atoms with Crippen LogP contribution < -0.4 is 0 Å². The second-order valence-corrected chi connectivity index (χ2v) is 7.99. The number of nitrogens with zero attached hydrogens (tertiary/aromatic N) is 3. The van der Waals surface area contributed by atoms with Crippen LogP contribution in [0.25, 0.3) is 0 Å². The summed E-state index contributed by atoms with van der Waals surface area (Å²) in [4.78, 5) is 18.7. The fourth-order valence-corrected chi connectivity index (χ4v) is 4.29. The molecule has 5 nitrogen and oxygen atoms in total. The average Bonchev–Trinajstić information content (AvgIpc) is 2.64. The summed E-state index contributed by atoms with van der Waals surface area (Å²) in [6, 6.07) is 10.8. The van der Waals surface area contributed by atoms with Crippen LogP contribution in [-0.4, -0.2) is 71.7 Å². The number of hydrogen-bond acceptors (Lipinski definition) is 5. The molecule has 1 aromatic rings. The molecule has 2 heterocycles. The van der Waals surface area contributed by atoms with Gasteiger partial charge in [-0.2, -0.15) is 0 Å². The predicted octanol–water partition coefficient (Wildman–Crippen LogP) is 2.57. The SMILES string of the molecule is CC(=O)OC(C)N1CCN(C2(C)CCN(Cc3ccccc3)CC2)CC1. The third kappa shape index (κ3) is 4.84. The molecule has 0 N–H and O–H groups in total. The van der Waals surface area contributed by atoms with Crippen molar-refractivity contribution in [2.45, 2.75) is 51.9 Å². The molecule has 2 fully saturated rings. The number of rotatable bonds is 5. The first-order valence-corrected chi connectivity index (χ1v) is 9.89. The molecule has 2 saturated heterocycles. The summed E-state index contributed by atoms with van der Waals surface area (Å²) in [5.74, 6) is -0.197. The van der Waals surface area contributed by atoms with Crippen LogP contribution in [0.1, 0.15) is 39.2 Å². The lowest BCUT2D eigenvalue weighted by atomic mass is 9.87. The van der Waals surface area contributed by atoms with Gasteiger partial charge in [0.1, 0.15) is 0 Å². The molecular weight excluding hydrogens is 326 g/mol. The molecule has 5 heteroatoms. The van der Waals surface area contributed by atoms with Gasteiger partial charge in [-0.15, -0.1) is 0 Å². The van der Waals surface area contributed by atoms with Crippen molar-refractivity contribution in [3.05, 3.63) is 35.9 Å². The highest BCUT2D eigenvalue weighted by Gasteiger charge is 2.37. The van der Waals surface area contributed by atoms with Crippen molar-refractivity contribution in [2.24, 2.45) is 0 Å². The van der Waals surface area contributed by atoms with Gasteiger partial charge in [-0.3, -0.25) is 19.5 Å². The predicted molar refractivity (Wildman–Crippen MR) is 104 cm³/mol. The zero-order chi connectivity index (χ0) is 18.6. The fourth-order valence-electron chi connectivity index (χ4n) is 4.29. The van der Waals surface area contributed by atoms with Gasteiger partial charge in [-0.25, -0.2) is 0 Å². The molecule has 0 bridgehead atoms. The number of ether oxygens (including phenoxy) is 1. The number of carbonyl (C=O) groups is 1. The summed E-state index contributed by atoms with van der Waals surface area (Å²) in [6.45, 7) is 13.3. The molecule has 0 radical (unpaired) electrons. The molecule has 0 spiro atoms. The van der Waals surface area contributed by atoms with Gasteiger partial charge in [-0.1, -0.05) is 30.3 Å². The summed E-state index contributed by atoms with van der Waals surface area (Å²) in [7, 11) is 0. The van der Waals surface area contributed by atoms with Crippen LogP contribution in [0.3, 0.4) is 0 Å². The zero-order valence-corrected chi connectivity index (χ0v) is 16.5. The lowest BCUT2D eigenvalue weighted by molar-refractivity contribution is -0.157. The van der Waals surface area contributed by atoms with Gasteiger partial charge >= 0.3 is 5.97 Å². The third-order valence-corrected chi connectivity index (χ3v) is 6.11. The number of esters is 1. The average molecular weight is 360 g/mol. The van der Waals surface area contributed by atoms with Crippen molar-refractivity contribution in [3.8, 4) is 0 Å². The summed E-state index contributed by atoms with van der Waals surface area (Å²) >= 11 is 0. The van der Waals surface area contributed by atoms with E-state index in [1.54, 1.807) is 0 Å². The van der Waals surface area contributed by atoms with E-state index in [-0.39, 0.29) is 12.2 Å². The van der Waals surface area contributed by atoms with E-state index in [0.29, 0.717) is 5.54 Å². The number of carbonyl (C=O) groups excluding carboxylic acids is 1. The summed E-state index contributed by atoms with van der Waals surface area (Å²) in [6.07, 6.45) is 2.33. The maximum absolute atomic E-state index is 11.2. The van der Waals surface area contributed by atoms with E-state index in [1.165, 1.54) is 25.3 Å². The maximum Gasteiger partial charge on any atom is 0.304 e. The minimum atomic E-state index is -0.197. The third-order valence-electron chi connectivity index (χ3n) is 6.11. The van der Waals surface area contributed by atoms with Gasteiger partial charge in [0.25, 0.3) is 0 Å². The number of piperidine rings is 1. The van der Waals surface area contributed by atoms with Crippen molar-refractivity contribution < 1.29 is 9.53 Å².